The molecule has 1 N–H and O–H groups in total. The third-order valence-corrected chi connectivity index (χ3v) is 6.02. The summed E-state index contributed by atoms with van der Waals surface area (Å²) >= 11 is 0. The lowest BCUT2D eigenvalue weighted by atomic mass is 9.85. The van der Waals surface area contributed by atoms with E-state index in [-0.39, 0.29) is 5.92 Å². The first-order valence-electron chi connectivity index (χ1n) is 9.21. The molecule has 4 rings (SSSR count). The van der Waals surface area contributed by atoms with Crippen molar-refractivity contribution in [3.63, 3.8) is 0 Å². The molecule has 0 spiro atoms. The van der Waals surface area contributed by atoms with Gasteiger partial charge < -0.3 is 14.6 Å². The molecular formula is C21H26N2O3. The molecule has 5 nitrogen and oxygen atoms in total. The lowest BCUT2D eigenvalue weighted by molar-refractivity contribution is -0.0108. The zero-order chi connectivity index (χ0) is 18.1. The van der Waals surface area contributed by atoms with Crippen LogP contribution in [0.25, 0.3) is 0 Å². The summed E-state index contributed by atoms with van der Waals surface area (Å²) in [5, 5.41) is 11.4. The first kappa shape index (κ1) is 17.3. The topological polar surface area (TPSA) is 54.8 Å². The van der Waals surface area contributed by atoms with Crippen molar-refractivity contribution >= 4 is 0 Å². The van der Waals surface area contributed by atoms with Gasteiger partial charge in [-0.15, -0.1) is 0 Å². The van der Waals surface area contributed by atoms with Gasteiger partial charge in [-0.3, -0.25) is 9.88 Å². The van der Waals surface area contributed by atoms with Crippen LogP contribution in [0.4, 0.5) is 0 Å². The third-order valence-electron chi connectivity index (χ3n) is 6.02. The van der Waals surface area contributed by atoms with Crippen molar-refractivity contribution in [3.05, 3.63) is 53.9 Å². The molecule has 0 bridgehead atoms. The van der Waals surface area contributed by atoms with Gasteiger partial charge in [0.05, 0.1) is 19.9 Å². The molecule has 26 heavy (non-hydrogen) atoms. The molecule has 2 aromatic rings. The van der Waals surface area contributed by atoms with Crippen molar-refractivity contribution in [1.82, 2.24) is 9.88 Å². The molecule has 138 valence electrons. The number of fused-ring (bicyclic) bond motifs is 1. The van der Waals surface area contributed by atoms with Crippen LogP contribution in [-0.4, -0.2) is 42.3 Å². The van der Waals surface area contributed by atoms with E-state index in [1.807, 2.05) is 30.3 Å². The number of ether oxygens (including phenoxy) is 2. The van der Waals surface area contributed by atoms with Gasteiger partial charge >= 0.3 is 0 Å². The third kappa shape index (κ3) is 2.95. The van der Waals surface area contributed by atoms with Crippen molar-refractivity contribution in [2.24, 2.45) is 11.8 Å². The summed E-state index contributed by atoms with van der Waals surface area (Å²) in [4.78, 5) is 6.87. The Morgan fingerprint density at radius 2 is 2.08 bits per heavy atom. The molecule has 0 unspecified atom stereocenters. The second-order valence-corrected chi connectivity index (χ2v) is 7.42. The molecular weight excluding hydrogens is 328 g/mol. The van der Waals surface area contributed by atoms with Gasteiger partial charge in [-0.1, -0.05) is 12.1 Å². The van der Waals surface area contributed by atoms with Gasteiger partial charge in [0.25, 0.3) is 0 Å². The number of aliphatic hydroxyl groups is 1. The SMILES string of the molecule is COc1ccc(CN2C[C@@H]3CC[C@@](O)(c4ccccn4)[C@@H]3C2)c(OC)c1. The summed E-state index contributed by atoms with van der Waals surface area (Å²) in [7, 11) is 3.35. The normalized spacial score (nSPS) is 28.1. The number of hydrogen-bond acceptors (Lipinski definition) is 5. The summed E-state index contributed by atoms with van der Waals surface area (Å²) < 4.78 is 10.8. The molecule has 1 aromatic heterocycles. The molecule has 1 saturated carbocycles. The van der Waals surface area contributed by atoms with E-state index in [1.54, 1.807) is 20.4 Å². The average Bonchev–Trinajstić information content (AvgIpc) is 3.23. The molecule has 0 radical (unpaired) electrons. The molecule has 0 amide bonds. The fraction of sp³-hybridized carbons (Fsp3) is 0.476. The van der Waals surface area contributed by atoms with Crippen LogP contribution in [0.1, 0.15) is 24.1 Å². The summed E-state index contributed by atoms with van der Waals surface area (Å²) in [5.41, 5.74) is 1.16. The summed E-state index contributed by atoms with van der Waals surface area (Å²) in [6.07, 6.45) is 3.63. The average molecular weight is 354 g/mol. The summed E-state index contributed by atoms with van der Waals surface area (Å²) in [6.45, 7) is 2.71. The zero-order valence-corrected chi connectivity index (χ0v) is 15.4. The van der Waals surface area contributed by atoms with E-state index < -0.39 is 5.60 Å². The number of nitrogens with zero attached hydrogens (tertiary/aromatic N) is 2. The van der Waals surface area contributed by atoms with Crippen LogP contribution in [0.5, 0.6) is 11.5 Å². The Labute approximate surface area is 154 Å². The number of likely N-dealkylation sites (tertiary alicyclic amines) is 1. The number of pyridine rings is 1. The van der Waals surface area contributed by atoms with Crippen LogP contribution in [0.2, 0.25) is 0 Å². The summed E-state index contributed by atoms with van der Waals surface area (Å²) in [6, 6.07) is 11.8. The Bertz CT molecular complexity index is 767. The molecule has 2 heterocycles. The Kier molecular flexibility index (Phi) is 4.59. The zero-order valence-electron chi connectivity index (χ0n) is 15.4. The van der Waals surface area contributed by atoms with Gasteiger partial charge in [-0.25, -0.2) is 0 Å². The first-order valence-corrected chi connectivity index (χ1v) is 9.21. The molecule has 5 heteroatoms. The van der Waals surface area contributed by atoms with Gasteiger partial charge in [0, 0.05) is 43.4 Å². The van der Waals surface area contributed by atoms with E-state index in [1.165, 1.54) is 0 Å². The van der Waals surface area contributed by atoms with Gasteiger partial charge in [-0.2, -0.15) is 0 Å². The monoisotopic (exact) mass is 354 g/mol. The second-order valence-electron chi connectivity index (χ2n) is 7.42. The molecule has 1 aromatic carbocycles. The van der Waals surface area contributed by atoms with E-state index in [9.17, 15) is 5.11 Å². The highest BCUT2D eigenvalue weighted by Gasteiger charge is 2.53. The number of hydrogen-bond donors (Lipinski definition) is 1. The van der Waals surface area contributed by atoms with Crippen LogP contribution in [0, 0.1) is 11.8 Å². The minimum atomic E-state index is -0.801. The standard InChI is InChI=1S/C21H26N2O3/c1-25-17-7-6-16(19(11-17)26-2)13-23-12-15-8-9-21(24,18(15)14-23)20-5-3-4-10-22-20/h3-7,10-11,15,18,24H,8-9,12-14H2,1-2H3/t15-,18+,21-/m0/s1. The largest absolute Gasteiger partial charge is 0.497 e. The van der Waals surface area contributed by atoms with Crippen LogP contribution in [0.3, 0.4) is 0 Å². The van der Waals surface area contributed by atoms with E-state index in [2.05, 4.69) is 16.0 Å². The smallest absolute Gasteiger partial charge is 0.127 e. The minimum absolute atomic E-state index is 0.238. The number of rotatable bonds is 5. The maximum atomic E-state index is 11.4. The quantitative estimate of drug-likeness (QED) is 0.895. The van der Waals surface area contributed by atoms with Crippen LogP contribution in [-0.2, 0) is 12.1 Å². The van der Waals surface area contributed by atoms with Crippen molar-refractivity contribution in [1.29, 1.82) is 0 Å². The predicted molar refractivity (Wildman–Crippen MR) is 99.2 cm³/mol. The van der Waals surface area contributed by atoms with Crippen LogP contribution < -0.4 is 9.47 Å². The fourth-order valence-electron chi connectivity index (χ4n) is 4.67. The highest BCUT2D eigenvalue weighted by Crippen LogP contribution is 2.50. The molecule has 1 saturated heterocycles. The number of benzene rings is 1. The van der Waals surface area contributed by atoms with Crippen LogP contribution in [0.15, 0.2) is 42.6 Å². The van der Waals surface area contributed by atoms with Crippen molar-refractivity contribution in [2.75, 3.05) is 27.3 Å². The highest BCUT2D eigenvalue weighted by molar-refractivity contribution is 5.40. The maximum Gasteiger partial charge on any atom is 0.127 e. The molecule has 1 aliphatic carbocycles. The number of methoxy groups -OCH3 is 2. The van der Waals surface area contributed by atoms with Gasteiger partial charge in [0.1, 0.15) is 17.1 Å². The number of aromatic nitrogens is 1. The van der Waals surface area contributed by atoms with Gasteiger partial charge in [-0.05, 0) is 37.0 Å². The Morgan fingerprint density at radius 3 is 2.81 bits per heavy atom. The molecule has 3 atom stereocenters. The van der Waals surface area contributed by atoms with E-state index in [0.717, 1.165) is 55.2 Å². The van der Waals surface area contributed by atoms with Gasteiger partial charge in [0.15, 0.2) is 0 Å². The molecule has 2 aliphatic rings. The Balaban J connectivity index is 1.51. The second kappa shape index (κ2) is 6.89. The predicted octanol–water partition coefficient (Wildman–Crippen LogP) is 2.83. The fourth-order valence-corrected chi connectivity index (χ4v) is 4.67. The highest BCUT2D eigenvalue weighted by atomic mass is 16.5. The molecule has 2 fully saturated rings. The molecule has 1 aliphatic heterocycles. The van der Waals surface area contributed by atoms with E-state index >= 15 is 0 Å². The van der Waals surface area contributed by atoms with E-state index in [0.29, 0.717) is 5.92 Å². The van der Waals surface area contributed by atoms with E-state index in [4.69, 9.17) is 9.47 Å². The maximum absolute atomic E-state index is 11.4. The Hall–Kier alpha value is -2.11. The van der Waals surface area contributed by atoms with Crippen molar-refractivity contribution < 1.29 is 14.6 Å². The minimum Gasteiger partial charge on any atom is -0.497 e. The van der Waals surface area contributed by atoms with Crippen molar-refractivity contribution in [2.45, 2.75) is 25.0 Å². The van der Waals surface area contributed by atoms with Gasteiger partial charge in [0.2, 0.25) is 0 Å². The Morgan fingerprint density at radius 1 is 1.19 bits per heavy atom. The first-order chi connectivity index (χ1) is 12.6. The van der Waals surface area contributed by atoms with Crippen LogP contribution >= 0.6 is 0 Å². The van der Waals surface area contributed by atoms with Crippen molar-refractivity contribution in [3.8, 4) is 11.5 Å². The summed E-state index contributed by atoms with van der Waals surface area (Å²) in [5.74, 6) is 2.41. The lowest BCUT2D eigenvalue weighted by Crippen LogP contribution is -2.35. The lowest BCUT2D eigenvalue weighted by Gasteiger charge is -2.29.